The molecule has 0 unspecified atom stereocenters. The van der Waals surface area contributed by atoms with Gasteiger partial charge < -0.3 is 5.32 Å². The molecule has 0 saturated heterocycles. The van der Waals surface area contributed by atoms with Crippen LogP contribution in [-0.2, 0) is 33.1 Å². The number of halogens is 2. The molecule has 3 aromatic rings. The van der Waals surface area contributed by atoms with E-state index in [-0.39, 0.29) is 18.0 Å². The summed E-state index contributed by atoms with van der Waals surface area (Å²) >= 11 is 0. The van der Waals surface area contributed by atoms with E-state index in [1.165, 1.54) is 18.2 Å². The van der Waals surface area contributed by atoms with E-state index in [0.29, 0.717) is 31.7 Å². The van der Waals surface area contributed by atoms with Gasteiger partial charge in [-0.25, -0.2) is 8.78 Å². The Morgan fingerprint density at radius 1 is 1.10 bits per heavy atom. The van der Waals surface area contributed by atoms with Gasteiger partial charge in [0.1, 0.15) is 11.6 Å². The maximum Gasteiger partial charge on any atom is 0.272 e. The first-order valence-corrected chi connectivity index (χ1v) is 9.55. The van der Waals surface area contributed by atoms with Gasteiger partial charge in [-0.05, 0) is 17.7 Å². The molecule has 2 heterocycles. The van der Waals surface area contributed by atoms with E-state index < -0.39 is 11.6 Å². The molecule has 1 aliphatic rings. The van der Waals surface area contributed by atoms with E-state index in [4.69, 9.17) is 0 Å². The fourth-order valence-electron chi connectivity index (χ4n) is 3.73. The van der Waals surface area contributed by atoms with Gasteiger partial charge in [0.25, 0.3) is 5.91 Å². The Balaban J connectivity index is 1.51. The number of fused-ring (bicyclic) bond motifs is 1. The van der Waals surface area contributed by atoms with Gasteiger partial charge in [-0.2, -0.15) is 5.10 Å². The van der Waals surface area contributed by atoms with E-state index in [0.717, 1.165) is 16.8 Å². The molecule has 0 radical (unpaired) electrons. The van der Waals surface area contributed by atoms with Crippen molar-refractivity contribution in [3.8, 4) is 0 Å². The van der Waals surface area contributed by atoms with Crippen molar-refractivity contribution in [2.45, 2.75) is 26.1 Å². The van der Waals surface area contributed by atoms with Crippen LogP contribution >= 0.6 is 0 Å². The quantitative estimate of drug-likeness (QED) is 0.721. The third-order valence-corrected chi connectivity index (χ3v) is 5.28. The molecule has 0 bridgehead atoms. The number of rotatable bonds is 5. The Kier molecular flexibility index (Phi) is 5.40. The minimum absolute atomic E-state index is 0.0509. The number of carbonyl (C=O) groups is 1. The van der Waals surface area contributed by atoms with Crippen LogP contribution < -0.4 is 5.32 Å². The van der Waals surface area contributed by atoms with Crippen molar-refractivity contribution in [3.05, 3.63) is 88.2 Å². The highest BCUT2D eigenvalue weighted by Crippen LogP contribution is 2.25. The molecule has 0 spiro atoms. The standard InChI is InChI=1S/C22H22F2N4O/c1-27-20-10-11-28(13-16-18(23)8-5-9-19(16)24)14-17(20)21(26-27)22(29)25-12-15-6-3-2-4-7-15/h2-9H,10-14H2,1H3,(H,25,29). The third kappa shape index (κ3) is 4.05. The van der Waals surface area contributed by atoms with Crippen LogP contribution in [0.1, 0.15) is 32.9 Å². The van der Waals surface area contributed by atoms with Crippen LogP contribution in [0.4, 0.5) is 8.78 Å². The Hall–Kier alpha value is -3.06. The monoisotopic (exact) mass is 396 g/mol. The molecule has 2 aromatic carbocycles. The average molecular weight is 396 g/mol. The zero-order valence-electron chi connectivity index (χ0n) is 16.2. The summed E-state index contributed by atoms with van der Waals surface area (Å²) in [5.74, 6) is -1.35. The van der Waals surface area contributed by atoms with Crippen LogP contribution in [-0.4, -0.2) is 27.1 Å². The van der Waals surface area contributed by atoms with Gasteiger partial charge >= 0.3 is 0 Å². The van der Waals surface area contributed by atoms with Crippen molar-refractivity contribution in [1.82, 2.24) is 20.0 Å². The van der Waals surface area contributed by atoms with Crippen molar-refractivity contribution in [2.75, 3.05) is 6.54 Å². The van der Waals surface area contributed by atoms with Crippen LogP contribution in [0.3, 0.4) is 0 Å². The highest BCUT2D eigenvalue weighted by molar-refractivity contribution is 5.94. The van der Waals surface area contributed by atoms with Gasteiger partial charge in [0, 0.05) is 56.5 Å². The zero-order chi connectivity index (χ0) is 20.4. The number of nitrogens with one attached hydrogen (secondary N) is 1. The van der Waals surface area contributed by atoms with Gasteiger partial charge in [-0.15, -0.1) is 0 Å². The van der Waals surface area contributed by atoms with Crippen LogP contribution in [0, 0.1) is 11.6 Å². The van der Waals surface area contributed by atoms with Gasteiger partial charge in [0.15, 0.2) is 5.69 Å². The molecule has 0 saturated carbocycles. The minimum Gasteiger partial charge on any atom is -0.347 e. The van der Waals surface area contributed by atoms with Gasteiger partial charge in [-0.1, -0.05) is 36.4 Å². The van der Waals surface area contributed by atoms with Crippen molar-refractivity contribution in [1.29, 1.82) is 0 Å². The average Bonchev–Trinajstić information content (AvgIpc) is 3.06. The molecule has 1 aromatic heterocycles. The molecular formula is C22H22F2N4O. The summed E-state index contributed by atoms with van der Waals surface area (Å²) in [7, 11) is 1.82. The molecule has 0 fully saturated rings. The Morgan fingerprint density at radius 3 is 2.55 bits per heavy atom. The summed E-state index contributed by atoms with van der Waals surface area (Å²) in [6.07, 6.45) is 0.668. The second-order valence-electron chi connectivity index (χ2n) is 7.23. The molecule has 5 nitrogen and oxygen atoms in total. The topological polar surface area (TPSA) is 50.2 Å². The molecule has 0 atom stereocenters. The van der Waals surface area contributed by atoms with Crippen LogP contribution in [0.5, 0.6) is 0 Å². The number of aromatic nitrogens is 2. The van der Waals surface area contributed by atoms with E-state index in [1.54, 1.807) is 4.68 Å². The molecule has 7 heteroatoms. The van der Waals surface area contributed by atoms with Crippen molar-refractivity contribution >= 4 is 5.91 Å². The second kappa shape index (κ2) is 8.13. The molecule has 1 amide bonds. The van der Waals surface area contributed by atoms with Gasteiger partial charge in [0.05, 0.1) is 0 Å². The van der Waals surface area contributed by atoms with E-state index in [9.17, 15) is 13.6 Å². The lowest BCUT2D eigenvalue weighted by Gasteiger charge is -2.27. The minimum atomic E-state index is -0.553. The summed E-state index contributed by atoms with van der Waals surface area (Å²) in [6.45, 7) is 1.63. The summed E-state index contributed by atoms with van der Waals surface area (Å²) in [6, 6.07) is 13.5. The first-order chi connectivity index (χ1) is 14.0. The Morgan fingerprint density at radius 2 is 1.83 bits per heavy atom. The maximum absolute atomic E-state index is 14.0. The molecule has 4 rings (SSSR count). The fourth-order valence-corrected chi connectivity index (χ4v) is 3.73. The summed E-state index contributed by atoms with van der Waals surface area (Å²) in [5.41, 5.74) is 3.23. The first kappa shape index (κ1) is 19.3. The van der Waals surface area contributed by atoms with Crippen LogP contribution in [0.25, 0.3) is 0 Å². The van der Waals surface area contributed by atoms with Crippen molar-refractivity contribution in [2.24, 2.45) is 7.05 Å². The van der Waals surface area contributed by atoms with Crippen molar-refractivity contribution < 1.29 is 13.6 Å². The molecular weight excluding hydrogens is 374 g/mol. The third-order valence-electron chi connectivity index (χ3n) is 5.28. The predicted octanol–water partition coefficient (Wildman–Crippen LogP) is 3.19. The highest BCUT2D eigenvalue weighted by Gasteiger charge is 2.28. The SMILES string of the molecule is Cn1nc(C(=O)NCc2ccccc2)c2c1CCN(Cc1c(F)cccc1F)C2. The zero-order valence-corrected chi connectivity index (χ0v) is 16.2. The number of amides is 1. The van der Waals surface area contributed by atoms with E-state index >= 15 is 0 Å². The van der Waals surface area contributed by atoms with E-state index in [1.807, 2.05) is 42.3 Å². The second-order valence-corrected chi connectivity index (χ2v) is 7.23. The summed E-state index contributed by atoms with van der Waals surface area (Å²) in [4.78, 5) is 14.7. The first-order valence-electron chi connectivity index (χ1n) is 9.55. The number of nitrogens with zero attached hydrogens (tertiary/aromatic N) is 3. The maximum atomic E-state index is 14.0. The molecule has 29 heavy (non-hydrogen) atoms. The molecule has 150 valence electrons. The summed E-state index contributed by atoms with van der Waals surface area (Å²) < 4.78 is 29.8. The normalized spacial score (nSPS) is 13.9. The molecule has 1 aliphatic heterocycles. The molecule has 0 aliphatic carbocycles. The lowest BCUT2D eigenvalue weighted by Crippen LogP contribution is -2.32. The van der Waals surface area contributed by atoms with Crippen molar-refractivity contribution in [3.63, 3.8) is 0 Å². The highest BCUT2D eigenvalue weighted by atomic mass is 19.1. The number of benzene rings is 2. The van der Waals surface area contributed by atoms with Crippen LogP contribution in [0.2, 0.25) is 0 Å². The Labute approximate surface area is 168 Å². The van der Waals surface area contributed by atoms with Gasteiger partial charge in [-0.3, -0.25) is 14.4 Å². The van der Waals surface area contributed by atoms with E-state index in [2.05, 4.69) is 10.4 Å². The molecule has 1 N–H and O–H groups in total. The number of hydrogen-bond acceptors (Lipinski definition) is 3. The Bertz CT molecular complexity index is 1010. The van der Waals surface area contributed by atoms with Gasteiger partial charge in [0.2, 0.25) is 0 Å². The smallest absolute Gasteiger partial charge is 0.272 e. The fraction of sp³-hybridized carbons (Fsp3) is 0.273. The predicted molar refractivity (Wildman–Crippen MR) is 105 cm³/mol. The lowest BCUT2D eigenvalue weighted by atomic mass is 10.0. The van der Waals surface area contributed by atoms with Crippen LogP contribution in [0.15, 0.2) is 48.5 Å². The number of carbonyl (C=O) groups excluding carboxylic acids is 1. The summed E-state index contributed by atoms with van der Waals surface area (Å²) in [5, 5.41) is 7.32. The number of hydrogen-bond donors (Lipinski definition) is 1. The largest absolute Gasteiger partial charge is 0.347 e. The lowest BCUT2D eigenvalue weighted by molar-refractivity contribution is 0.0942. The number of aryl methyl sites for hydroxylation is 1.